The van der Waals surface area contributed by atoms with Crippen molar-refractivity contribution in [3.05, 3.63) is 35.9 Å². The van der Waals surface area contributed by atoms with E-state index in [-0.39, 0.29) is 24.0 Å². The third kappa shape index (κ3) is 7.38. The molecule has 1 heterocycles. The van der Waals surface area contributed by atoms with Crippen LogP contribution in [0.5, 0.6) is 0 Å². The van der Waals surface area contributed by atoms with Crippen molar-refractivity contribution >= 4 is 29.9 Å². The second-order valence-corrected chi connectivity index (χ2v) is 6.57. The molecule has 0 saturated carbocycles. The molecular formula is C19H33IN4. The molecule has 5 heteroatoms. The maximum absolute atomic E-state index is 4.36. The van der Waals surface area contributed by atoms with Crippen LogP contribution >= 0.6 is 24.0 Å². The van der Waals surface area contributed by atoms with Crippen LogP contribution < -0.4 is 10.6 Å². The number of aliphatic imine (C=N–C) groups is 1. The molecule has 0 spiro atoms. The molecule has 1 fully saturated rings. The molecule has 0 aliphatic carbocycles. The second kappa shape index (κ2) is 11.7. The fraction of sp³-hybridized carbons (Fsp3) is 0.632. The quantitative estimate of drug-likeness (QED) is 0.386. The molecule has 1 saturated heterocycles. The lowest BCUT2D eigenvalue weighted by Gasteiger charge is -2.20. The molecule has 0 aromatic heterocycles. The minimum atomic E-state index is 0. The number of rotatable bonds is 7. The number of aryl methyl sites for hydroxylation is 1. The Labute approximate surface area is 164 Å². The van der Waals surface area contributed by atoms with Gasteiger partial charge in [-0.1, -0.05) is 37.3 Å². The molecule has 1 aromatic rings. The second-order valence-electron chi connectivity index (χ2n) is 6.57. The summed E-state index contributed by atoms with van der Waals surface area (Å²) in [5.74, 6) is 1.67. The molecule has 2 atom stereocenters. The van der Waals surface area contributed by atoms with Gasteiger partial charge in [0.05, 0.1) is 0 Å². The summed E-state index contributed by atoms with van der Waals surface area (Å²) in [7, 11) is 1.85. The molecule has 2 N–H and O–H groups in total. The maximum atomic E-state index is 4.36. The zero-order valence-electron chi connectivity index (χ0n) is 15.3. The molecule has 1 aliphatic heterocycles. The molecule has 1 aromatic carbocycles. The fourth-order valence-electron chi connectivity index (χ4n) is 3.14. The van der Waals surface area contributed by atoms with Gasteiger partial charge in [0.15, 0.2) is 5.96 Å². The topological polar surface area (TPSA) is 39.7 Å². The Morgan fingerprint density at radius 3 is 2.71 bits per heavy atom. The van der Waals surface area contributed by atoms with Crippen molar-refractivity contribution < 1.29 is 0 Å². The number of benzene rings is 1. The van der Waals surface area contributed by atoms with E-state index in [1.54, 1.807) is 0 Å². The summed E-state index contributed by atoms with van der Waals surface area (Å²) < 4.78 is 0. The van der Waals surface area contributed by atoms with E-state index in [9.17, 15) is 0 Å². The van der Waals surface area contributed by atoms with Crippen LogP contribution in [-0.4, -0.2) is 50.1 Å². The first-order valence-electron chi connectivity index (χ1n) is 8.94. The lowest BCUT2D eigenvalue weighted by molar-refractivity contribution is 0.341. The first-order chi connectivity index (χ1) is 11.2. The molecule has 2 rings (SSSR count). The highest BCUT2D eigenvalue weighted by atomic mass is 127. The SMILES string of the molecule is CCN1CCC(CNC(=NC)NC(C)CCc2ccccc2)C1.I. The highest BCUT2D eigenvalue weighted by Gasteiger charge is 2.21. The van der Waals surface area contributed by atoms with Crippen LogP contribution in [0.2, 0.25) is 0 Å². The van der Waals surface area contributed by atoms with Crippen molar-refractivity contribution in [3.63, 3.8) is 0 Å². The Morgan fingerprint density at radius 2 is 2.08 bits per heavy atom. The van der Waals surface area contributed by atoms with Gasteiger partial charge in [0.25, 0.3) is 0 Å². The zero-order valence-corrected chi connectivity index (χ0v) is 17.6. The van der Waals surface area contributed by atoms with Gasteiger partial charge in [0, 0.05) is 26.2 Å². The smallest absolute Gasteiger partial charge is 0.191 e. The number of likely N-dealkylation sites (tertiary alicyclic amines) is 1. The largest absolute Gasteiger partial charge is 0.356 e. The van der Waals surface area contributed by atoms with E-state index in [1.807, 2.05) is 7.05 Å². The predicted molar refractivity (Wildman–Crippen MR) is 114 cm³/mol. The summed E-state index contributed by atoms with van der Waals surface area (Å²) >= 11 is 0. The number of guanidine groups is 1. The van der Waals surface area contributed by atoms with Gasteiger partial charge < -0.3 is 15.5 Å². The van der Waals surface area contributed by atoms with Gasteiger partial charge in [0.1, 0.15) is 0 Å². The molecular weight excluding hydrogens is 411 g/mol. The average Bonchev–Trinajstić information content (AvgIpc) is 3.05. The average molecular weight is 444 g/mol. The van der Waals surface area contributed by atoms with Crippen LogP contribution in [0.4, 0.5) is 0 Å². The first-order valence-corrected chi connectivity index (χ1v) is 8.94. The van der Waals surface area contributed by atoms with E-state index >= 15 is 0 Å². The number of nitrogens with one attached hydrogen (secondary N) is 2. The summed E-state index contributed by atoms with van der Waals surface area (Å²) in [6, 6.07) is 11.1. The van der Waals surface area contributed by atoms with Crippen molar-refractivity contribution in [2.45, 2.75) is 39.2 Å². The van der Waals surface area contributed by atoms with Crippen LogP contribution in [0, 0.1) is 5.92 Å². The van der Waals surface area contributed by atoms with E-state index < -0.39 is 0 Å². The monoisotopic (exact) mass is 444 g/mol. The predicted octanol–water partition coefficient (Wildman–Crippen LogP) is 3.13. The number of hydrogen-bond donors (Lipinski definition) is 2. The Balaban J connectivity index is 0.00000288. The summed E-state index contributed by atoms with van der Waals surface area (Å²) in [6.45, 7) is 9.10. The van der Waals surface area contributed by atoms with E-state index in [0.717, 1.165) is 31.3 Å². The summed E-state index contributed by atoms with van der Waals surface area (Å²) in [6.07, 6.45) is 3.50. The molecule has 2 unspecified atom stereocenters. The first kappa shape index (κ1) is 21.2. The van der Waals surface area contributed by atoms with Crippen LogP contribution in [0.3, 0.4) is 0 Å². The normalized spacial score (nSPS) is 19.6. The van der Waals surface area contributed by atoms with Gasteiger partial charge >= 0.3 is 0 Å². The zero-order chi connectivity index (χ0) is 16.5. The fourth-order valence-corrected chi connectivity index (χ4v) is 3.14. The van der Waals surface area contributed by atoms with Crippen LogP contribution in [-0.2, 0) is 6.42 Å². The maximum Gasteiger partial charge on any atom is 0.191 e. The third-order valence-electron chi connectivity index (χ3n) is 4.69. The summed E-state index contributed by atoms with van der Waals surface area (Å²) in [4.78, 5) is 6.88. The number of nitrogens with zero attached hydrogens (tertiary/aromatic N) is 2. The standard InChI is InChI=1S/C19H32N4.HI/c1-4-23-13-12-18(15-23)14-21-19(20-3)22-16(2)10-11-17-8-6-5-7-9-17;/h5-9,16,18H,4,10-15H2,1-3H3,(H2,20,21,22);1H. The minimum absolute atomic E-state index is 0. The lowest BCUT2D eigenvalue weighted by atomic mass is 10.1. The number of halogens is 1. The molecule has 136 valence electrons. The van der Waals surface area contributed by atoms with Crippen LogP contribution in [0.1, 0.15) is 32.3 Å². The van der Waals surface area contributed by atoms with Gasteiger partial charge in [-0.2, -0.15) is 0 Å². The van der Waals surface area contributed by atoms with Crippen LogP contribution in [0.15, 0.2) is 35.3 Å². The molecule has 24 heavy (non-hydrogen) atoms. The van der Waals surface area contributed by atoms with Gasteiger partial charge in [-0.25, -0.2) is 0 Å². The summed E-state index contributed by atoms with van der Waals surface area (Å²) in [5.41, 5.74) is 1.40. The van der Waals surface area contributed by atoms with E-state index in [4.69, 9.17) is 0 Å². The van der Waals surface area contributed by atoms with Gasteiger partial charge in [-0.15, -0.1) is 24.0 Å². The van der Waals surface area contributed by atoms with Crippen molar-refractivity contribution in [2.75, 3.05) is 33.2 Å². The number of hydrogen-bond acceptors (Lipinski definition) is 2. The lowest BCUT2D eigenvalue weighted by Crippen LogP contribution is -2.44. The van der Waals surface area contributed by atoms with Crippen molar-refractivity contribution in [1.82, 2.24) is 15.5 Å². The van der Waals surface area contributed by atoms with Gasteiger partial charge in [-0.3, -0.25) is 4.99 Å². The van der Waals surface area contributed by atoms with Crippen molar-refractivity contribution in [1.29, 1.82) is 0 Å². The molecule has 0 bridgehead atoms. The highest BCUT2D eigenvalue weighted by Crippen LogP contribution is 2.14. The van der Waals surface area contributed by atoms with E-state index in [2.05, 4.69) is 64.7 Å². The third-order valence-corrected chi connectivity index (χ3v) is 4.69. The minimum Gasteiger partial charge on any atom is -0.356 e. The van der Waals surface area contributed by atoms with E-state index in [1.165, 1.54) is 31.6 Å². The van der Waals surface area contributed by atoms with E-state index in [0.29, 0.717) is 6.04 Å². The van der Waals surface area contributed by atoms with Crippen molar-refractivity contribution in [3.8, 4) is 0 Å². The van der Waals surface area contributed by atoms with Crippen molar-refractivity contribution in [2.24, 2.45) is 10.9 Å². The Kier molecular flexibility index (Phi) is 10.3. The molecule has 1 aliphatic rings. The molecule has 4 nitrogen and oxygen atoms in total. The van der Waals surface area contributed by atoms with Gasteiger partial charge in [0.2, 0.25) is 0 Å². The Bertz CT molecular complexity index is 478. The van der Waals surface area contributed by atoms with Gasteiger partial charge in [-0.05, 0) is 50.8 Å². The molecule has 0 amide bonds. The Morgan fingerprint density at radius 1 is 1.33 bits per heavy atom. The van der Waals surface area contributed by atoms with Crippen LogP contribution in [0.25, 0.3) is 0 Å². The highest BCUT2D eigenvalue weighted by molar-refractivity contribution is 14.0. The molecule has 0 radical (unpaired) electrons. The summed E-state index contributed by atoms with van der Waals surface area (Å²) in [5, 5.41) is 7.01. The Hall–Kier alpha value is -0.820.